The van der Waals surface area contributed by atoms with Gasteiger partial charge in [-0.1, -0.05) is 25.1 Å². The molecule has 1 rings (SSSR count). The van der Waals surface area contributed by atoms with E-state index in [1.165, 1.54) is 12.1 Å². The SMILES string of the molecule is CC[C@@H](CO)NC(=O)CNS(=O)(=O)c1ccccc1. The lowest BCUT2D eigenvalue weighted by atomic mass is 10.2. The van der Waals surface area contributed by atoms with Crippen molar-refractivity contribution in [1.82, 2.24) is 10.0 Å². The van der Waals surface area contributed by atoms with Crippen molar-refractivity contribution in [3.05, 3.63) is 30.3 Å². The quantitative estimate of drug-likeness (QED) is 0.649. The maximum atomic E-state index is 11.8. The van der Waals surface area contributed by atoms with Gasteiger partial charge in [-0.2, -0.15) is 0 Å². The number of sulfonamides is 1. The molecule has 0 saturated carbocycles. The fourth-order valence-electron chi connectivity index (χ4n) is 1.40. The lowest BCUT2D eigenvalue weighted by Gasteiger charge is -2.14. The Hall–Kier alpha value is -1.44. The van der Waals surface area contributed by atoms with Crippen LogP contribution in [0, 0.1) is 0 Å². The maximum Gasteiger partial charge on any atom is 0.241 e. The Labute approximate surface area is 112 Å². The van der Waals surface area contributed by atoms with E-state index < -0.39 is 15.9 Å². The predicted octanol–water partition coefficient (Wildman–Crippen LogP) is -0.148. The standard InChI is InChI=1S/C12H18N2O4S/c1-2-10(9-15)14-12(16)8-13-19(17,18)11-6-4-3-5-7-11/h3-7,10,13,15H,2,8-9H2,1H3,(H,14,16)/t10-/m0/s1. The monoisotopic (exact) mass is 286 g/mol. The average Bonchev–Trinajstić information content (AvgIpc) is 2.43. The van der Waals surface area contributed by atoms with Crippen LogP contribution >= 0.6 is 0 Å². The molecule has 0 fully saturated rings. The Balaban J connectivity index is 2.55. The van der Waals surface area contributed by atoms with Gasteiger partial charge in [-0.3, -0.25) is 4.79 Å². The summed E-state index contributed by atoms with van der Waals surface area (Å²) in [4.78, 5) is 11.6. The number of amides is 1. The second-order valence-electron chi connectivity index (χ2n) is 3.99. The van der Waals surface area contributed by atoms with Crippen molar-refractivity contribution in [3.8, 4) is 0 Å². The molecule has 7 heteroatoms. The molecule has 1 aromatic rings. The van der Waals surface area contributed by atoms with Crippen LogP contribution in [0.5, 0.6) is 0 Å². The normalized spacial score (nSPS) is 12.9. The molecule has 0 aliphatic rings. The molecule has 0 bridgehead atoms. The maximum absolute atomic E-state index is 11.8. The van der Waals surface area contributed by atoms with E-state index in [2.05, 4.69) is 10.0 Å². The van der Waals surface area contributed by atoms with Crippen molar-refractivity contribution in [2.75, 3.05) is 13.2 Å². The van der Waals surface area contributed by atoms with Crippen LogP contribution in [-0.2, 0) is 14.8 Å². The van der Waals surface area contributed by atoms with Crippen molar-refractivity contribution in [2.24, 2.45) is 0 Å². The van der Waals surface area contributed by atoms with Gasteiger partial charge in [0.2, 0.25) is 15.9 Å². The zero-order chi connectivity index (χ0) is 14.3. The minimum absolute atomic E-state index is 0.108. The Bertz CT molecular complexity index is 498. The predicted molar refractivity (Wildman–Crippen MR) is 70.9 cm³/mol. The highest BCUT2D eigenvalue weighted by Crippen LogP contribution is 2.06. The summed E-state index contributed by atoms with van der Waals surface area (Å²) >= 11 is 0. The van der Waals surface area contributed by atoms with E-state index in [4.69, 9.17) is 5.11 Å². The van der Waals surface area contributed by atoms with Crippen molar-refractivity contribution in [2.45, 2.75) is 24.3 Å². The van der Waals surface area contributed by atoms with Crippen LogP contribution in [0.3, 0.4) is 0 Å². The zero-order valence-electron chi connectivity index (χ0n) is 10.7. The Kier molecular flexibility index (Phi) is 5.94. The fraction of sp³-hybridized carbons (Fsp3) is 0.417. The van der Waals surface area contributed by atoms with Crippen molar-refractivity contribution >= 4 is 15.9 Å². The zero-order valence-corrected chi connectivity index (χ0v) is 11.5. The van der Waals surface area contributed by atoms with Crippen LogP contribution in [0.4, 0.5) is 0 Å². The van der Waals surface area contributed by atoms with Crippen molar-refractivity contribution in [1.29, 1.82) is 0 Å². The second-order valence-corrected chi connectivity index (χ2v) is 5.76. The minimum atomic E-state index is -3.68. The van der Waals surface area contributed by atoms with Gasteiger partial charge < -0.3 is 10.4 Å². The van der Waals surface area contributed by atoms with E-state index in [1.54, 1.807) is 18.2 Å². The average molecular weight is 286 g/mol. The van der Waals surface area contributed by atoms with Crippen LogP contribution in [0.1, 0.15) is 13.3 Å². The third kappa shape index (κ3) is 4.98. The van der Waals surface area contributed by atoms with Crippen LogP contribution in [0.2, 0.25) is 0 Å². The highest BCUT2D eigenvalue weighted by molar-refractivity contribution is 7.89. The number of benzene rings is 1. The summed E-state index contributed by atoms with van der Waals surface area (Å²) in [5.41, 5.74) is 0. The third-order valence-electron chi connectivity index (χ3n) is 2.55. The van der Waals surface area contributed by atoms with Crippen molar-refractivity contribution < 1.29 is 18.3 Å². The molecule has 0 aliphatic heterocycles. The number of carbonyl (C=O) groups excluding carboxylic acids is 1. The summed E-state index contributed by atoms with van der Waals surface area (Å²) in [6.45, 7) is 1.29. The summed E-state index contributed by atoms with van der Waals surface area (Å²) in [6.07, 6.45) is 0.577. The van der Waals surface area contributed by atoms with Gasteiger partial charge in [0.15, 0.2) is 0 Å². The lowest BCUT2D eigenvalue weighted by molar-refractivity contribution is -0.121. The van der Waals surface area contributed by atoms with E-state index in [1.807, 2.05) is 6.92 Å². The number of hydrogen-bond donors (Lipinski definition) is 3. The Morgan fingerprint density at radius 3 is 2.47 bits per heavy atom. The van der Waals surface area contributed by atoms with Crippen LogP contribution in [-0.4, -0.2) is 38.6 Å². The lowest BCUT2D eigenvalue weighted by Crippen LogP contribution is -2.43. The van der Waals surface area contributed by atoms with Gasteiger partial charge in [0.05, 0.1) is 24.1 Å². The smallest absolute Gasteiger partial charge is 0.241 e. The molecule has 106 valence electrons. The molecule has 0 heterocycles. The largest absolute Gasteiger partial charge is 0.394 e. The fourth-order valence-corrected chi connectivity index (χ4v) is 2.40. The Morgan fingerprint density at radius 2 is 1.95 bits per heavy atom. The Morgan fingerprint density at radius 1 is 1.32 bits per heavy atom. The van der Waals surface area contributed by atoms with E-state index in [9.17, 15) is 13.2 Å². The van der Waals surface area contributed by atoms with Gasteiger partial charge in [0.25, 0.3) is 0 Å². The molecule has 0 saturated heterocycles. The van der Waals surface area contributed by atoms with E-state index in [-0.39, 0.29) is 24.1 Å². The topological polar surface area (TPSA) is 95.5 Å². The van der Waals surface area contributed by atoms with E-state index >= 15 is 0 Å². The minimum Gasteiger partial charge on any atom is -0.394 e. The van der Waals surface area contributed by atoms with Gasteiger partial charge in [-0.15, -0.1) is 0 Å². The third-order valence-corrected chi connectivity index (χ3v) is 3.97. The molecule has 19 heavy (non-hydrogen) atoms. The van der Waals surface area contributed by atoms with E-state index in [0.717, 1.165) is 0 Å². The molecular weight excluding hydrogens is 268 g/mol. The second kappa shape index (κ2) is 7.22. The molecule has 6 nitrogen and oxygen atoms in total. The summed E-state index contributed by atoms with van der Waals surface area (Å²) in [7, 11) is -3.68. The van der Waals surface area contributed by atoms with Crippen molar-refractivity contribution in [3.63, 3.8) is 0 Å². The first kappa shape index (κ1) is 15.6. The molecule has 0 radical (unpaired) electrons. The first-order chi connectivity index (χ1) is 8.99. The molecule has 1 atom stereocenters. The van der Waals surface area contributed by atoms with Crippen LogP contribution in [0.25, 0.3) is 0 Å². The summed E-state index contributed by atoms with van der Waals surface area (Å²) in [5.74, 6) is -0.472. The molecule has 0 aromatic heterocycles. The first-order valence-electron chi connectivity index (χ1n) is 5.94. The molecular formula is C12H18N2O4S. The molecule has 0 spiro atoms. The summed E-state index contributed by atoms with van der Waals surface area (Å²) < 4.78 is 25.8. The molecule has 0 aliphatic carbocycles. The summed E-state index contributed by atoms with van der Waals surface area (Å²) in [6, 6.07) is 7.46. The van der Waals surface area contributed by atoms with Gasteiger partial charge in [0.1, 0.15) is 0 Å². The van der Waals surface area contributed by atoms with Gasteiger partial charge in [-0.05, 0) is 18.6 Å². The highest BCUT2D eigenvalue weighted by atomic mass is 32.2. The summed E-state index contributed by atoms with van der Waals surface area (Å²) in [5, 5.41) is 11.5. The number of carbonyl (C=O) groups is 1. The number of hydrogen-bond acceptors (Lipinski definition) is 4. The van der Waals surface area contributed by atoms with E-state index in [0.29, 0.717) is 6.42 Å². The first-order valence-corrected chi connectivity index (χ1v) is 7.43. The number of aliphatic hydroxyl groups excluding tert-OH is 1. The molecule has 1 amide bonds. The van der Waals surface area contributed by atoms with Crippen LogP contribution < -0.4 is 10.0 Å². The molecule has 1 aromatic carbocycles. The number of nitrogens with one attached hydrogen (secondary N) is 2. The van der Waals surface area contributed by atoms with Gasteiger partial charge >= 0.3 is 0 Å². The number of rotatable bonds is 7. The number of aliphatic hydroxyl groups is 1. The van der Waals surface area contributed by atoms with Crippen LogP contribution in [0.15, 0.2) is 35.2 Å². The van der Waals surface area contributed by atoms with Gasteiger partial charge in [0, 0.05) is 0 Å². The highest BCUT2D eigenvalue weighted by Gasteiger charge is 2.16. The molecule has 3 N–H and O–H groups in total. The van der Waals surface area contributed by atoms with Gasteiger partial charge in [-0.25, -0.2) is 13.1 Å². The molecule has 0 unspecified atom stereocenters.